The first-order chi connectivity index (χ1) is 35.7. The zero-order chi connectivity index (χ0) is 47.5. The molecule has 0 N–H and O–H groups in total. The number of anilines is 3. The van der Waals surface area contributed by atoms with Gasteiger partial charge in [-0.25, -0.2) is 0 Å². The second-order valence-electron chi connectivity index (χ2n) is 18.8. The minimum Gasteiger partial charge on any atom is -0.460 e. The monoisotopic (exact) mass is 918 g/mol. The first-order valence-corrected chi connectivity index (χ1v) is 24.8. The third-order valence-electron chi connectivity index (χ3n) is 14.7. The van der Waals surface area contributed by atoms with Gasteiger partial charge in [-0.2, -0.15) is 0 Å². The molecule has 14 rings (SSSR count). The van der Waals surface area contributed by atoms with Crippen LogP contribution < -0.4 is 15.3 Å². The first kappa shape index (κ1) is 41.5. The van der Waals surface area contributed by atoms with Crippen molar-refractivity contribution in [3.8, 4) is 50.2 Å². The summed E-state index contributed by atoms with van der Waals surface area (Å²) in [7, 11) is 0. The summed E-state index contributed by atoms with van der Waals surface area (Å²) in [5.41, 5.74) is 18.1. The van der Waals surface area contributed by atoms with E-state index in [-0.39, 0.29) is 0 Å². The topological polar surface area (TPSA) is 21.3 Å². The summed E-state index contributed by atoms with van der Waals surface area (Å²) < 4.78 is 9.08. The van der Waals surface area contributed by atoms with Crippen molar-refractivity contribution in [1.29, 1.82) is 0 Å². The van der Waals surface area contributed by atoms with Crippen molar-refractivity contribution in [1.82, 2.24) is 4.57 Å². The number of fused-ring (bicyclic) bond motifs is 8. The molecule has 11 aromatic carbocycles. The smallest absolute Gasteiger partial charge is 0.135 e. The number of hydrogen-bond acceptors (Lipinski definition) is 2. The average Bonchev–Trinajstić information content (AvgIpc) is 3.92. The van der Waals surface area contributed by atoms with Crippen molar-refractivity contribution in [2.75, 3.05) is 4.90 Å². The molecule has 338 valence electrons. The van der Waals surface area contributed by atoms with Crippen molar-refractivity contribution in [3.05, 3.63) is 277 Å². The molecule has 0 aliphatic heterocycles. The molecule has 2 aromatic heterocycles. The Hall–Kier alpha value is -9.44. The Balaban J connectivity index is 0.879. The minimum absolute atomic E-state index is 0.733. The van der Waals surface area contributed by atoms with Crippen LogP contribution in [0.1, 0.15) is 11.3 Å². The fraction of sp³-hybridized carbons (Fsp3) is 0.0145. The molecule has 1 aliphatic rings. The second kappa shape index (κ2) is 17.2. The van der Waals surface area contributed by atoms with Crippen molar-refractivity contribution in [2.45, 2.75) is 6.42 Å². The lowest BCUT2D eigenvalue weighted by molar-refractivity contribution is 0.568. The standard InChI is InChI=1S/C69H46N2O/c1-2-16-53-45-63-67(43-38-46(53)14-1)72-68-29-13-25-62(69(63)68)61-23-7-8-26-64(61)70(54-39-34-48(35-40-54)47-30-32-51(33-31-47)58-24-12-17-50-15-3-4-20-57(50)58)55-41-36-49(37-42-55)52-18-11-19-56(44-52)71-65-27-9-5-21-59(65)60-22-6-10-28-66(60)71/h1-42,44-45H,43H2. The van der Waals surface area contributed by atoms with Gasteiger partial charge in [0.2, 0.25) is 0 Å². The van der Waals surface area contributed by atoms with Crippen LogP contribution in [0.25, 0.3) is 106 Å². The number of hydrogen-bond donors (Lipinski definition) is 0. The van der Waals surface area contributed by atoms with E-state index in [0.717, 1.165) is 79.3 Å². The van der Waals surface area contributed by atoms with Gasteiger partial charge in [-0.15, -0.1) is 0 Å². The molecule has 0 spiro atoms. The maximum atomic E-state index is 6.69. The van der Waals surface area contributed by atoms with E-state index in [2.05, 4.69) is 276 Å². The Bertz CT molecular complexity index is 4290. The Labute approximate surface area is 417 Å². The minimum atomic E-state index is 0.733. The highest BCUT2D eigenvalue weighted by atomic mass is 16.3. The second-order valence-corrected chi connectivity index (χ2v) is 18.8. The summed E-state index contributed by atoms with van der Waals surface area (Å²) in [6.07, 6.45) is 5.33. The Morgan fingerprint density at radius 1 is 0.389 bits per heavy atom. The molecule has 0 unspecified atom stereocenters. The first-order valence-electron chi connectivity index (χ1n) is 24.8. The predicted octanol–water partition coefficient (Wildman–Crippen LogP) is 17.0. The van der Waals surface area contributed by atoms with Gasteiger partial charge < -0.3 is 13.9 Å². The molecule has 0 fully saturated rings. The molecule has 13 aromatic rings. The van der Waals surface area contributed by atoms with E-state index in [1.807, 2.05) is 0 Å². The molecule has 0 amide bonds. The zero-order valence-corrected chi connectivity index (χ0v) is 39.4. The molecule has 3 heteroatoms. The maximum absolute atomic E-state index is 6.69. The lowest BCUT2D eigenvalue weighted by atomic mass is 9.95. The van der Waals surface area contributed by atoms with Crippen molar-refractivity contribution >= 4 is 72.8 Å². The van der Waals surface area contributed by atoms with Crippen LogP contribution in [0.3, 0.4) is 0 Å². The molecule has 0 saturated heterocycles. The molecule has 0 saturated carbocycles. The Morgan fingerprint density at radius 3 is 1.68 bits per heavy atom. The molecule has 0 bridgehead atoms. The molecular formula is C69H46N2O. The van der Waals surface area contributed by atoms with Gasteiger partial charge in [-0.1, -0.05) is 200 Å². The number of nitrogens with zero attached hydrogens (tertiary/aromatic N) is 2. The fourth-order valence-electron chi connectivity index (χ4n) is 11.2. The van der Waals surface area contributed by atoms with Gasteiger partial charge in [0.1, 0.15) is 11.3 Å². The number of aromatic nitrogens is 1. The Morgan fingerprint density at radius 2 is 0.931 bits per heavy atom. The lowest BCUT2D eigenvalue weighted by Crippen LogP contribution is -2.22. The van der Waals surface area contributed by atoms with Gasteiger partial charge in [0.25, 0.3) is 0 Å². The van der Waals surface area contributed by atoms with Gasteiger partial charge in [-0.3, -0.25) is 0 Å². The van der Waals surface area contributed by atoms with Crippen LogP contribution in [0, 0.1) is 0 Å². The molecule has 2 heterocycles. The highest BCUT2D eigenvalue weighted by Crippen LogP contribution is 2.45. The molecule has 3 nitrogen and oxygen atoms in total. The van der Waals surface area contributed by atoms with E-state index in [1.54, 1.807) is 0 Å². The van der Waals surface area contributed by atoms with Crippen molar-refractivity contribution < 1.29 is 4.42 Å². The van der Waals surface area contributed by atoms with Crippen LogP contribution >= 0.6 is 0 Å². The molecule has 0 radical (unpaired) electrons. The third kappa shape index (κ3) is 7.05. The normalized spacial score (nSPS) is 12.1. The SMILES string of the molecule is C1=c2ccccc2=Cc2c(oc3cccc(-c4ccccc4N(c4ccc(-c5ccc(-c6cccc7ccccc67)cc5)cc4)c4ccc(-c5cccc(-n6c7ccccc7c7ccccc76)c5)cc4)c23)C1. The highest BCUT2D eigenvalue weighted by molar-refractivity contribution is 6.09. The van der Waals surface area contributed by atoms with E-state index in [4.69, 9.17) is 4.42 Å². The third-order valence-corrected chi connectivity index (χ3v) is 14.7. The van der Waals surface area contributed by atoms with E-state index < -0.39 is 0 Å². The zero-order valence-electron chi connectivity index (χ0n) is 39.4. The van der Waals surface area contributed by atoms with Gasteiger partial charge in [0, 0.05) is 50.8 Å². The summed E-state index contributed by atoms with van der Waals surface area (Å²) in [5.74, 6) is 0.988. The molecule has 0 atom stereocenters. The summed E-state index contributed by atoms with van der Waals surface area (Å²) in [6, 6.07) is 92.5. The quantitative estimate of drug-likeness (QED) is 0.151. The lowest BCUT2D eigenvalue weighted by Gasteiger charge is -2.28. The van der Waals surface area contributed by atoms with E-state index in [9.17, 15) is 0 Å². The number of rotatable bonds is 8. The van der Waals surface area contributed by atoms with Crippen LogP contribution in [-0.4, -0.2) is 4.57 Å². The van der Waals surface area contributed by atoms with Gasteiger partial charge >= 0.3 is 0 Å². The summed E-state index contributed by atoms with van der Waals surface area (Å²) >= 11 is 0. The van der Waals surface area contributed by atoms with Crippen LogP contribution in [0.2, 0.25) is 0 Å². The summed E-state index contributed by atoms with van der Waals surface area (Å²) in [5, 5.41) is 8.59. The van der Waals surface area contributed by atoms with Crippen LogP contribution in [0.15, 0.2) is 259 Å². The fourth-order valence-corrected chi connectivity index (χ4v) is 11.2. The highest BCUT2D eigenvalue weighted by Gasteiger charge is 2.23. The van der Waals surface area contributed by atoms with Crippen LogP contribution in [0.4, 0.5) is 17.1 Å². The van der Waals surface area contributed by atoms with Gasteiger partial charge in [-0.05, 0) is 127 Å². The van der Waals surface area contributed by atoms with Crippen molar-refractivity contribution in [3.63, 3.8) is 0 Å². The van der Waals surface area contributed by atoms with Crippen LogP contribution in [-0.2, 0) is 6.42 Å². The van der Waals surface area contributed by atoms with Crippen molar-refractivity contribution in [2.24, 2.45) is 0 Å². The number of furan rings is 1. The molecule has 1 aliphatic carbocycles. The number of benzene rings is 11. The molecule has 72 heavy (non-hydrogen) atoms. The van der Waals surface area contributed by atoms with E-state index >= 15 is 0 Å². The van der Waals surface area contributed by atoms with Gasteiger partial charge in [0.15, 0.2) is 0 Å². The van der Waals surface area contributed by atoms with E-state index in [0.29, 0.717) is 0 Å². The Kier molecular flexibility index (Phi) is 9.92. The predicted molar refractivity (Wildman–Crippen MR) is 302 cm³/mol. The number of para-hydroxylation sites is 3. The molecular weight excluding hydrogens is 873 g/mol. The summed E-state index contributed by atoms with van der Waals surface area (Å²) in [6.45, 7) is 0. The maximum Gasteiger partial charge on any atom is 0.135 e. The largest absolute Gasteiger partial charge is 0.460 e. The van der Waals surface area contributed by atoms with Crippen LogP contribution in [0.5, 0.6) is 0 Å². The average molecular weight is 919 g/mol. The van der Waals surface area contributed by atoms with Gasteiger partial charge in [0.05, 0.1) is 16.7 Å². The summed E-state index contributed by atoms with van der Waals surface area (Å²) in [4.78, 5) is 2.41. The van der Waals surface area contributed by atoms with E-state index in [1.165, 1.54) is 59.7 Å².